The Morgan fingerprint density at radius 3 is 2.43 bits per heavy atom. The number of fused-ring (bicyclic) bond motifs is 1. The Labute approximate surface area is 208 Å². The fourth-order valence-corrected chi connectivity index (χ4v) is 5.74. The number of rotatable bonds is 10. The summed E-state index contributed by atoms with van der Waals surface area (Å²) < 4.78 is 52.5. The van der Waals surface area contributed by atoms with E-state index < -0.39 is 28.3 Å². The van der Waals surface area contributed by atoms with Gasteiger partial charge in [-0.3, -0.25) is 9.10 Å². The molecular weight excluding hydrogens is 491 g/mol. The molecule has 3 aromatic rings. The van der Waals surface area contributed by atoms with E-state index in [0.717, 1.165) is 33.5 Å². The van der Waals surface area contributed by atoms with Gasteiger partial charge >= 0.3 is 0 Å². The molecule has 0 bridgehead atoms. The van der Waals surface area contributed by atoms with E-state index in [1.54, 1.807) is 11.8 Å². The van der Waals surface area contributed by atoms with Gasteiger partial charge in [0.1, 0.15) is 25.6 Å². The molecule has 0 radical (unpaired) electrons. The monoisotopic (exact) mass is 516 g/mol. The number of nitrogens with zero attached hydrogens (tertiary/aromatic N) is 1. The van der Waals surface area contributed by atoms with Gasteiger partial charge in [-0.15, -0.1) is 11.8 Å². The van der Waals surface area contributed by atoms with Crippen LogP contribution in [-0.4, -0.2) is 46.4 Å². The Bertz CT molecular complexity index is 1250. The van der Waals surface area contributed by atoms with Gasteiger partial charge in [-0.1, -0.05) is 18.2 Å². The van der Waals surface area contributed by atoms with E-state index in [1.807, 2.05) is 30.3 Å². The zero-order valence-corrected chi connectivity index (χ0v) is 20.5. The summed E-state index contributed by atoms with van der Waals surface area (Å²) in [5, 5.41) is 2.78. The fraction of sp³-hybridized carbons (Fsp3) is 0.240. The number of nitrogens with one attached hydrogen (secondary N) is 1. The lowest BCUT2D eigenvalue weighted by atomic mass is 10.3. The Morgan fingerprint density at radius 1 is 0.971 bits per heavy atom. The van der Waals surface area contributed by atoms with Gasteiger partial charge in [0.05, 0.1) is 10.6 Å². The number of hydrogen-bond donors (Lipinski definition) is 1. The highest BCUT2D eigenvalue weighted by molar-refractivity contribution is 7.99. The number of carbonyl (C=O) groups is 1. The van der Waals surface area contributed by atoms with Crippen molar-refractivity contribution in [2.45, 2.75) is 16.2 Å². The average molecular weight is 517 g/mol. The van der Waals surface area contributed by atoms with E-state index in [4.69, 9.17) is 9.47 Å². The van der Waals surface area contributed by atoms with Crippen molar-refractivity contribution in [3.8, 4) is 11.5 Å². The smallest absolute Gasteiger partial charge is 0.264 e. The van der Waals surface area contributed by atoms with Crippen molar-refractivity contribution >= 4 is 33.4 Å². The molecular formula is C25H25FN2O5S2. The van der Waals surface area contributed by atoms with Crippen LogP contribution in [0.5, 0.6) is 11.5 Å². The Morgan fingerprint density at radius 2 is 1.69 bits per heavy atom. The van der Waals surface area contributed by atoms with Gasteiger partial charge in [0.15, 0.2) is 11.5 Å². The van der Waals surface area contributed by atoms with E-state index in [1.165, 1.54) is 30.3 Å². The van der Waals surface area contributed by atoms with Crippen molar-refractivity contribution in [2.24, 2.45) is 0 Å². The summed E-state index contributed by atoms with van der Waals surface area (Å²) in [6.45, 7) is 0.641. The molecule has 0 aromatic heterocycles. The highest BCUT2D eigenvalue weighted by Gasteiger charge is 2.29. The molecule has 0 saturated carbocycles. The van der Waals surface area contributed by atoms with Crippen LogP contribution in [0.1, 0.15) is 6.42 Å². The number of hydrogen-bond acceptors (Lipinski definition) is 6. The molecule has 4 rings (SSSR count). The number of halogens is 1. The lowest BCUT2D eigenvalue weighted by molar-refractivity contribution is -0.119. The maximum atomic E-state index is 13.5. The quantitative estimate of drug-likeness (QED) is 0.323. The molecule has 0 fully saturated rings. The van der Waals surface area contributed by atoms with Crippen molar-refractivity contribution in [2.75, 3.05) is 36.4 Å². The number of benzene rings is 3. The molecule has 1 aliphatic heterocycles. The standard InChI is InChI=1S/C25H25FN2O5S2/c26-19-7-9-20(10-8-19)28(18-25(29)27-13-4-16-34-21-5-2-1-3-6-21)35(30,31)22-11-12-23-24(17-22)33-15-14-32-23/h1-3,5-12,17H,4,13-16,18H2,(H,27,29). The maximum absolute atomic E-state index is 13.5. The minimum atomic E-state index is -4.16. The van der Waals surface area contributed by atoms with Gasteiger partial charge < -0.3 is 14.8 Å². The van der Waals surface area contributed by atoms with E-state index >= 15 is 0 Å². The molecule has 1 N–H and O–H groups in total. The lowest BCUT2D eigenvalue weighted by Gasteiger charge is -2.25. The first-order valence-electron chi connectivity index (χ1n) is 11.1. The number of thioether (sulfide) groups is 1. The fourth-order valence-electron chi connectivity index (χ4n) is 3.43. The molecule has 1 heterocycles. The highest BCUT2D eigenvalue weighted by Crippen LogP contribution is 2.34. The Hall–Kier alpha value is -3.24. The SMILES string of the molecule is O=C(CN(c1ccc(F)cc1)S(=O)(=O)c1ccc2c(c1)OCCO2)NCCCSc1ccccc1. The van der Waals surface area contributed by atoms with Gasteiger partial charge in [-0.2, -0.15) is 0 Å². The first-order chi connectivity index (χ1) is 16.9. The van der Waals surface area contributed by atoms with Crippen LogP contribution in [-0.2, 0) is 14.8 Å². The minimum Gasteiger partial charge on any atom is -0.486 e. The van der Waals surface area contributed by atoms with Gasteiger partial charge in [0.2, 0.25) is 5.91 Å². The number of ether oxygens (including phenoxy) is 2. The molecule has 1 amide bonds. The third kappa shape index (κ3) is 6.46. The van der Waals surface area contributed by atoms with Crippen LogP contribution in [0, 0.1) is 5.82 Å². The molecule has 0 saturated heterocycles. The zero-order chi connectivity index (χ0) is 24.7. The van der Waals surface area contributed by atoms with Crippen LogP contribution in [0.4, 0.5) is 10.1 Å². The predicted molar refractivity (Wildman–Crippen MR) is 133 cm³/mol. The van der Waals surface area contributed by atoms with Crippen molar-refractivity contribution in [3.63, 3.8) is 0 Å². The molecule has 0 unspecified atom stereocenters. The molecule has 0 spiro atoms. The van der Waals surface area contributed by atoms with Crippen LogP contribution in [0.15, 0.2) is 82.6 Å². The molecule has 184 valence electrons. The van der Waals surface area contributed by atoms with Crippen LogP contribution in [0.25, 0.3) is 0 Å². The highest BCUT2D eigenvalue weighted by atomic mass is 32.2. The normalized spacial score (nSPS) is 12.7. The summed E-state index contributed by atoms with van der Waals surface area (Å²) in [6, 6.07) is 19.2. The summed E-state index contributed by atoms with van der Waals surface area (Å²) in [5.74, 6) is 0.610. The molecule has 35 heavy (non-hydrogen) atoms. The van der Waals surface area contributed by atoms with Crippen molar-refractivity contribution in [1.82, 2.24) is 5.32 Å². The van der Waals surface area contributed by atoms with Crippen molar-refractivity contribution in [1.29, 1.82) is 0 Å². The van der Waals surface area contributed by atoms with Crippen LogP contribution in [0.2, 0.25) is 0 Å². The number of anilines is 1. The summed E-state index contributed by atoms with van der Waals surface area (Å²) in [4.78, 5) is 13.8. The van der Waals surface area contributed by atoms with Crippen LogP contribution in [0.3, 0.4) is 0 Å². The molecule has 7 nitrogen and oxygen atoms in total. The maximum Gasteiger partial charge on any atom is 0.264 e. The second-order valence-electron chi connectivity index (χ2n) is 7.66. The van der Waals surface area contributed by atoms with Crippen LogP contribution >= 0.6 is 11.8 Å². The molecule has 1 aliphatic rings. The summed E-state index contributed by atoms with van der Waals surface area (Å²) in [6.07, 6.45) is 0.719. The summed E-state index contributed by atoms with van der Waals surface area (Å²) in [5.41, 5.74) is 0.177. The van der Waals surface area contributed by atoms with Gasteiger partial charge in [0.25, 0.3) is 10.0 Å². The Balaban J connectivity index is 1.44. The van der Waals surface area contributed by atoms with Crippen LogP contribution < -0.4 is 19.1 Å². The molecule has 3 aromatic carbocycles. The third-order valence-electron chi connectivity index (χ3n) is 5.16. The summed E-state index contributed by atoms with van der Waals surface area (Å²) >= 11 is 1.68. The average Bonchev–Trinajstić information content (AvgIpc) is 2.88. The topological polar surface area (TPSA) is 84.9 Å². The summed E-state index contributed by atoms with van der Waals surface area (Å²) in [7, 11) is -4.16. The number of sulfonamides is 1. The van der Waals surface area contributed by atoms with E-state index in [2.05, 4.69) is 5.32 Å². The lowest BCUT2D eigenvalue weighted by Crippen LogP contribution is -2.41. The number of carbonyl (C=O) groups excluding carboxylic acids is 1. The molecule has 0 atom stereocenters. The minimum absolute atomic E-state index is 0.0573. The molecule has 10 heteroatoms. The second kappa shape index (κ2) is 11.5. The zero-order valence-electron chi connectivity index (χ0n) is 18.9. The van der Waals surface area contributed by atoms with Crippen molar-refractivity contribution < 1.29 is 27.1 Å². The number of amides is 1. The largest absolute Gasteiger partial charge is 0.486 e. The van der Waals surface area contributed by atoms with E-state index in [9.17, 15) is 17.6 Å². The van der Waals surface area contributed by atoms with Gasteiger partial charge in [-0.05, 0) is 60.7 Å². The van der Waals surface area contributed by atoms with E-state index in [0.29, 0.717) is 31.3 Å². The Kier molecular flexibility index (Phi) is 8.14. The predicted octanol–water partition coefficient (Wildman–Crippen LogP) is 4.09. The third-order valence-corrected chi connectivity index (χ3v) is 8.03. The van der Waals surface area contributed by atoms with E-state index in [-0.39, 0.29) is 10.6 Å². The first-order valence-corrected chi connectivity index (χ1v) is 13.5. The second-order valence-corrected chi connectivity index (χ2v) is 10.7. The van der Waals surface area contributed by atoms with Gasteiger partial charge in [-0.25, -0.2) is 12.8 Å². The first kappa shape index (κ1) is 24.9. The molecule has 0 aliphatic carbocycles. The van der Waals surface area contributed by atoms with Gasteiger partial charge in [0, 0.05) is 17.5 Å². The van der Waals surface area contributed by atoms with Crippen molar-refractivity contribution in [3.05, 3.63) is 78.6 Å².